The van der Waals surface area contributed by atoms with Gasteiger partial charge in [0.1, 0.15) is 34.5 Å². The first-order valence-electron chi connectivity index (χ1n) is 7.82. The number of anilines is 2. The molecule has 4 aromatic rings. The molecule has 0 spiro atoms. The van der Waals surface area contributed by atoms with Gasteiger partial charge < -0.3 is 11.5 Å². The molecule has 0 bridgehead atoms. The average Bonchev–Trinajstić information content (AvgIpc) is 2.96. The highest BCUT2D eigenvalue weighted by Gasteiger charge is 2.19. The lowest BCUT2D eigenvalue weighted by Gasteiger charge is -2.05. The molecule has 4 N–H and O–H groups in total. The molecular formula is C18H14F2N6. The van der Waals surface area contributed by atoms with Gasteiger partial charge in [-0.15, -0.1) is 0 Å². The highest BCUT2D eigenvalue weighted by Crippen LogP contribution is 2.29. The van der Waals surface area contributed by atoms with Gasteiger partial charge in [-0.2, -0.15) is 5.10 Å². The second-order valence-electron chi connectivity index (χ2n) is 5.77. The van der Waals surface area contributed by atoms with Gasteiger partial charge in [-0.1, -0.05) is 30.3 Å². The van der Waals surface area contributed by atoms with Gasteiger partial charge in [0.15, 0.2) is 5.82 Å². The van der Waals surface area contributed by atoms with Gasteiger partial charge in [-0.25, -0.2) is 18.7 Å². The molecule has 0 atom stereocenters. The summed E-state index contributed by atoms with van der Waals surface area (Å²) in [5, 5.41) is 4.90. The smallest absolute Gasteiger partial charge is 0.184 e. The maximum Gasteiger partial charge on any atom is 0.184 e. The summed E-state index contributed by atoms with van der Waals surface area (Å²) in [6.45, 7) is 0.0574. The van der Waals surface area contributed by atoms with Gasteiger partial charge in [-0.3, -0.25) is 4.68 Å². The first-order chi connectivity index (χ1) is 12.5. The lowest BCUT2D eigenvalue weighted by molar-refractivity contribution is 0.581. The molecule has 2 aromatic carbocycles. The third kappa shape index (κ3) is 2.71. The van der Waals surface area contributed by atoms with E-state index in [0.29, 0.717) is 16.6 Å². The molecule has 130 valence electrons. The molecule has 26 heavy (non-hydrogen) atoms. The fraction of sp³-hybridized carbons (Fsp3) is 0.0556. The summed E-state index contributed by atoms with van der Waals surface area (Å²) in [7, 11) is 0. The van der Waals surface area contributed by atoms with Crippen molar-refractivity contribution in [2.24, 2.45) is 0 Å². The van der Waals surface area contributed by atoms with Crippen LogP contribution < -0.4 is 11.5 Å². The van der Waals surface area contributed by atoms with Crippen LogP contribution in [0.5, 0.6) is 0 Å². The summed E-state index contributed by atoms with van der Waals surface area (Å²) >= 11 is 0. The van der Waals surface area contributed by atoms with Crippen LogP contribution >= 0.6 is 0 Å². The molecular weight excluding hydrogens is 338 g/mol. The minimum Gasteiger partial charge on any atom is -0.384 e. The van der Waals surface area contributed by atoms with Crippen LogP contribution in [0.2, 0.25) is 0 Å². The van der Waals surface area contributed by atoms with E-state index < -0.39 is 11.6 Å². The van der Waals surface area contributed by atoms with Crippen LogP contribution in [-0.2, 0) is 6.54 Å². The first kappa shape index (κ1) is 15.9. The molecule has 0 radical (unpaired) electrons. The maximum atomic E-state index is 14.5. The van der Waals surface area contributed by atoms with Crippen LogP contribution in [0, 0.1) is 11.6 Å². The van der Waals surface area contributed by atoms with E-state index in [0.717, 1.165) is 0 Å². The molecule has 0 saturated heterocycles. The minimum atomic E-state index is -0.477. The van der Waals surface area contributed by atoms with Crippen LogP contribution in [0.1, 0.15) is 5.56 Å². The molecule has 4 rings (SSSR count). The second kappa shape index (κ2) is 6.07. The highest BCUT2D eigenvalue weighted by atomic mass is 19.1. The van der Waals surface area contributed by atoms with E-state index in [1.165, 1.54) is 22.9 Å². The molecule has 0 amide bonds. The van der Waals surface area contributed by atoms with Crippen LogP contribution in [0.4, 0.5) is 20.4 Å². The molecule has 0 unspecified atom stereocenters. The zero-order valence-electron chi connectivity index (χ0n) is 13.5. The van der Waals surface area contributed by atoms with Crippen LogP contribution in [0.25, 0.3) is 22.4 Å². The third-order valence-electron chi connectivity index (χ3n) is 3.98. The number of rotatable bonds is 3. The van der Waals surface area contributed by atoms with Crippen LogP contribution in [-0.4, -0.2) is 19.7 Å². The lowest BCUT2D eigenvalue weighted by Crippen LogP contribution is -2.05. The lowest BCUT2D eigenvalue weighted by atomic mass is 10.2. The Bertz CT molecular complexity index is 1100. The van der Waals surface area contributed by atoms with Crippen molar-refractivity contribution < 1.29 is 8.78 Å². The number of benzene rings is 2. The summed E-state index contributed by atoms with van der Waals surface area (Å²) in [4.78, 5) is 8.27. The summed E-state index contributed by atoms with van der Waals surface area (Å²) in [5.74, 6) is -0.320. The molecule has 0 aliphatic rings. The third-order valence-corrected chi connectivity index (χ3v) is 3.98. The molecule has 0 saturated carbocycles. The SMILES string of the molecule is Nc1cc(N)nc(-c2nn(Cc3ccccc3F)c3c(F)cccc23)n1. The summed E-state index contributed by atoms with van der Waals surface area (Å²) in [6.07, 6.45) is 0. The Hall–Kier alpha value is -3.55. The Balaban J connectivity index is 1.93. The van der Waals surface area contributed by atoms with E-state index in [4.69, 9.17) is 11.5 Å². The first-order valence-corrected chi connectivity index (χ1v) is 7.82. The molecule has 0 aliphatic carbocycles. The molecule has 2 aromatic heterocycles. The molecule has 6 nitrogen and oxygen atoms in total. The highest BCUT2D eigenvalue weighted by molar-refractivity contribution is 5.92. The van der Waals surface area contributed by atoms with Gasteiger partial charge in [0.25, 0.3) is 0 Å². The number of hydrogen-bond donors (Lipinski definition) is 2. The summed E-state index contributed by atoms with van der Waals surface area (Å²) in [6, 6.07) is 12.3. The van der Waals surface area contributed by atoms with Crippen LogP contribution in [0.15, 0.2) is 48.5 Å². The number of fused-ring (bicyclic) bond motifs is 1. The van der Waals surface area contributed by atoms with Crippen molar-refractivity contribution >= 4 is 22.5 Å². The Kier molecular flexibility index (Phi) is 3.72. The average molecular weight is 352 g/mol. The van der Waals surface area contributed by atoms with Crippen molar-refractivity contribution in [2.45, 2.75) is 6.54 Å². The van der Waals surface area contributed by atoms with E-state index in [-0.39, 0.29) is 29.5 Å². The van der Waals surface area contributed by atoms with Gasteiger partial charge in [0.2, 0.25) is 0 Å². The van der Waals surface area contributed by atoms with E-state index >= 15 is 0 Å². The number of nitrogen functional groups attached to an aromatic ring is 2. The normalized spacial score (nSPS) is 11.2. The van der Waals surface area contributed by atoms with E-state index in [9.17, 15) is 8.78 Å². The number of halogens is 2. The Morgan fingerprint density at radius 1 is 0.885 bits per heavy atom. The van der Waals surface area contributed by atoms with Crippen molar-refractivity contribution in [1.82, 2.24) is 19.7 Å². The van der Waals surface area contributed by atoms with E-state index in [2.05, 4.69) is 15.1 Å². The van der Waals surface area contributed by atoms with Crippen molar-refractivity contribution in [3.63, 3.8) is 0 Å². The van der Waals surface area contributed by atoms with Crippen molar-refractivity contribution in [1.29, 1.82) is 0 Å². The number of para-hydroxylation sites is 1. The predicted octanol–water partition coefficient (Wildman–Crippen LogP) is 2.98. The Morgan fingerprint density at radius 2 is 1.58 bits per heavy atom. The predicted molar refractivity (Wildman–Crippen MR) is 95.0 cm³/mol. The molecule has 2 heterocycles. The van der Waals surface area contributed by atoms with E-state index in [1.54, 1.807) is 30.3 Å². The second-order valence-corrected chi connectivity index (χ2v) is 5.77. The molecule has 0 fully saturated rings. The standard InChI is InChI=1S/C18H14F2N6/c19-12-6-2-1-4-10(12)9-26-17-11(5-3-7-13(17)20)16(25-26)18-23-14(21)8-15(22)24-18/h1-8H,9H2,(H4,21,22,23,24). The Morgan fingerprint density at radius 3 is 2.31 bits per heavy atom. The number of hydrogen-bond acceptors (Lipinski definition) is 5. The van der Waals surface area contributed by atoms with Gasteiger partial charge in [0.05, 0.1) is 6.54 Å². The molecule has 8 heteroatoms. The largest absolute Gasteiger partial charge is 0.384 e. The summed E-state index contributed by atoms with van der Waals surface area (Å²) in [5.41, 5.74) is 12.4. The zero-order valence-corrected chi connectivity index (χ0v) is 13.5. The zero-order chi connectivity index (χ0) is 18.3. The molecule has 0 aliphatic heterocycles. The van der Waals surface area contributed by atoms with Gasteiger partial charge >= 0.3 is 0 Å². The van der Waals surface area contributed by atoms with Crippen molar-refractivity contribution in [2.75, 3.05) is 11.5 Å². The quantitative estimate of drug-likeness (QED) is 0.591. The van der Waals surface area contributed by atoms with Gasteiger partial charge in [-0.05, 0) is 12.1 Å². The monoisotopic (exact) mass is 352 g/mol. The van der Waals surface area contributed by atoms with E-state index in [1.807, 2.05) is 0 Å². The fourth-order valence-electron chi connectivity index (χ4n) is 2.85. The van der Waals surface area contributed by atoms with Gasteiger partial charge in [0, 0.05) is 17.0 Å². The number of aromatic nitrogens is 4. The minimum absolute atomic E-state index is 0.0574. The number of nitrogens with zero attached hydrogens (tertiary/aromatic N) is 4. The maximum absolute atomic E-state index is 14.5. The fourth-order valence-corrected chi connectivity index (χ4v) is 2.85. The Labute approximate surface area is 147 Å². The topological polar surface area (TPSA) is 95.6 Å². The van der Waals surface area contributed by atoms with Crippen LogP contribution in [0.3, 0.4) is 0 Å². The van der Waals surface area contributed by atoms with Crippen molar-refractivity contribution in [3.05, 3.63) is 65.7 Å². The number of nitrogens with two attached hydrogens (primary N) is 2. The van der Waals surface area contributed by atoms with Crippen molar-refractivity contribution in [3.8, 4) is 11.5 Å². The summed E-state index contributed by atoms with van der Waals surface area (Å²) < 4.78 is 29.9.